The molecule has 1 N–H and O–H groups in total. The summed E-state index contributed by atoms with van der Waals surface area (Å²) in [5.74, 6) is -0.109. The highest BCUT2D eigenvalue weighted by Crippen LogP contribution is 2.21. The highest BCUT2D eigenvalue weighted by atomic mass is 79.9. The van der Waals surface area contributed by atoms with Gasteiger partial charge < -0.3 is 0 Å². The SMILES string of the molecule is Cc1cc(Br)ccc1CS(=O)(=O)Nc1nn(C(C)C)cc1C#N. The van der Waals surface area contributed by atoms with Gasteiger partial charge in [0.15, 0.2) is 5.82 Å². The third-order valence-electron chi connectivity index (χ3n) is 3.28. The van der Waals surface area contributed by atoms with Gasteiger partial charge in [-0.2, -0.15) is 10.4 Å². The summed E-state index contributed by atoms with van der Waals surface area (Å²) in [4.78, 5) is 0. The van der Waals surface area contributed by atoms with Crippen LogP contribution in [0.3, 0.4) is 0 Å². The van der Waals surface area contributed by atoms with Crippen LogP contribution in [0.2, 0.25) is 0 Å². The summed E-state index contributed by atoms with van der Waals surface area (Å²) in [6.45, 7) is 5.65. The van der Waals surface area contributed by atoms with Gasteiger partial charge in [0.1, 0.15) is 11.6 Å². The Bertz CT molecular complexity index is 866. The topological polar surface area (TPSA) is 87.8 Å². The third-order valence-corrected chi connectivity index (χ3v) is 4.97. The van der Waals surface area contributed by atoms with E-state index in [9.17, 15) is 8.42 Å². The summed E-state index contributed by atoms with van der Waals surface area (Å²) in [5.41, 5.74) is 1.77. The second-order valence-electron chi connectivity index (χ2n) is 5.51. The number of rotatable bonds is 5. The van der Waals surface area contributed by atoms with Crippen molar-refractivity contribution in [3.05, 3.63) is 45.6 Å². The van der Waals surface area contributed by atoms with Crippen molar-refractivity contribution < 1.29 is 8.42 Å². The zero-order valence-corrected chi connectivity index (χ0v) is 15.4. The number of nitrogens with zero attached hydrogens (tertiary/aromatic N) is 3. The van der Waals surface area contributed by atoms with E-state index in [1.807, 2.05) is 32.9 Å². The quantitative estimate of drug-likeness (QED) is 0.838. The van der Waals surface area contributed by atoms with Gasteiger partial charge in [0, 0.05) is 16.7 Å². The van der Waals surface area contributed by atoms with Crippen LogP contribution in [-0.2, 0) is 15.8 Å². The Kier molecular flexibility index (Phi) is 5.12. The van der Waals surface area contributed by atoms with E-state index in [0.29, 0.717) is 5.56 Å². The van der Waals surface area contributed by atoms with Gasteiger partial charge in [-0.25, -0.2) is 8.42 Å². The zero-order chi connectivity index (χ0) is 17.2. The standard InChI is InChI=1S/C15H17BrN4O2S/c1-10(2)20-8-13(7-17)15(18-20)19-23(21,22)9-12-4-5-14(16)6-11(12)3/h4-6,8,10H,9H2,1-3H3,(H,18,19). The molecule has 0 fully saturated rings. The Hall–Kier alpha value is -1.85. The van der Waals surface area contributed by atoms with Crippen molar-refractivity contribution in [3.63, 3.8) is 0 Å². The van der Waals surface area contributed by atoms with E-state index in [0.717, 1.165) is 10.0 Å². The number of nitrogens with one attached hydrogen (secondary N) is 1. The number of hydrogen-bond acceptors (Lipinski definition) is 4. The molecule has 2 aromatic rings. The molecule has 1 heterocycles. The normalized spacial score (nSPS) is 11.5. The van der Waals surface area contributed by atoms with Crippen LogP contribution in [0.5, 0.6) is 0 Å². The molecule has 1 aromatic heterocycles. The summed E-state index contributed by atoms with van der Waals surface area (Å²) in [6.07, 6.45) is 1.54. The lowest BCUT2D eigenvalue weighted by atomic mass is 10.1. The van der Waals surface area contributed by atoms with Crippen LogP contribution in [0, 0.1) is 18.3 Å². The van der Waals surface area contributed by atoms with Crippen LogP contribution >= 0.6 is 15.9 Å². The van der Waals surface area contributed by atoms with E-state index in [4.69, 9.17) is 5.26 Å². The molecule has 0 spiro atoms. The fraction of sp³-hybridized carbons (Fsp3) is 0.333. The van der Waals surface area contributed by atoms with Crippen LogP contribution in [0.15, 0.2) is 28.9 Å². The van der Waals surface area contributed by atoms with E-state index in [1.165, 1.54) is 6.20 Å². The maximum Gasteiger partial charge on any atom is 0.238 e. The number of anilines is 1. The summed E-state index contributed by atoms with van der Waals surface area (Å²) in [7, 11) is -3.66. The largest absolute Gasteiger partial charge is 0.267 e. The molecular weight excluding hydrogens is 380 g/mol. The highest BCUT2D eigenvalue weighted by molar-refractivity contribution is 9.10. The van der Waals surface area contributed by atoms with Gasteiger partial charge >= 0.3 is 0 Å². The van der Waals surface area contributed by atoms with Crippen LogP contribution in [0.4, 0.5) is 5.82 Å². The van der Waals surface area contributed by atoms with Crippen molar-refractivity contribution >= 4 is 31.8 Å². The second-order valence-corrected chi connectivity index (χ2v) is 8.15. The number of aryl methyl sites for hydroxylation is 1. The minimum Gasteiger partial charge on any atom is -0.267 e. The average Bonchev–Trinajstić information content (AvgIpc) is 2.84. The minimum atomic E-state index is -3.66. The Morgan fingerprint density at radius 1 is 1.43 bits per heavy atom. The lowest BCUT2D eigenvalue weighted by Crippen LogP contribution is -2.17. The van der Waals surface area contributed by atoms with Crippen molar-refractivity contribution in [2.45, 2.75) is 32.6 Å². The fourth-order valence-electron chi connectivity index (χ4n) is 2.02. The molecule has 0 aliphatic rings. The Labute approximate surface area is 144 Å². The molecule has 6 nitrogen and oxygen atoms in total. The molecule has 8 heteroatoms. The van der Waals surface area contributed by atoms with Crippen LogP contribution < -0.4 is 4.72 Å². The molecule has 0 radical (unpaired) electrons. The Balaban J connectivity index is 2.26. The average molecular weight is 397 g/mol. The zero-order valence-electron chi connectivity index (χ0n) is 13.0. The molecule has 2 rings (SSSR count). The first-order chi connectivity index (χ1) is 10.7. The first-order valence-corrected chi connectivity index (χ1v) is 9.41. The second kappa shape index (κ2) is 6.72. The Morgan fingerprint density at radius 2 is 2.13 bits per heavy atom. The number of aromatic nitrogens is 2. The number of benzene rings is 1. The van der Waals surface area contributed by atoms with Crippen LogP contribution in [-0.4, -0.2) is 18.2 Å². The first kappa shape index (κ1) is 17.5. The summed E-state index contributed by atoms with van der Waals surface area (Å²) < 4.78 is 29.6. The number of hydrogen-bond donors (Lipinski definition) is 1. The maximum atomic E-state index is 12.4. The van der Waals surface area contributed by atoms with E-state index in [1.54, 1.807) is 16.8 Å². The molecule has 0 aliphatic heterocycles. The molecule has 0 amide bonds. The smallest absolute Gasteiger partial charge is 0.238 e. The van der Waals surface area contributed by atoms with Crippen molar-refractivity contribution in [2.75, 3.05) is 4.72 Å². The van der Waals surface area contributed by atoms with Crippen molar-refractivity contribution in [1.82, 2.24) is 9.78 Å². The molecule has 0 saturated carbocycles. The Morgan fingerprint density at radius 3 is 2.70 bits per heavy atom. The van der Waals surface area contributed by atoms with Gasteiger partial charge in [-0.05, 0) is 44.0 Å². The summed E-state index contributed by atoms with van der Waals surface area (Å²) in [6, 6.07) is 7.41. The van der Waals surface area contributed by atoms with Crippen LogP contribution in [0.25, 0.3) is 0 Å². The fourth-order valence-corrected chi connectivity index (χ4v) is 3.75. The van der Waals surface area contributed by atoms with Crippen molar-refractivity contribution in [3.8, 4) is 6.07 Å². The van der Waals surface area contributed by atoms with Crippen LogP contribution in [0.1, 0.15) is 36.6 Å². The molecule has 23 heavy (non-hydrogen) atoms. The predicted molar refractivity (Wildman–Crippen MR) is 92.5 cm³/mol. The monoisotopic (exact) mass is 396 g/mol. The molecular formula is C15H17BrN4O2S. The van der Waals surface area contributed by atoms with E-state index in [2.05, 4.69) is 25.8 Å². The molecule has 0 aliphatic carbocycles. The molecule has 0 bridgehead atoms. The van der Waals surface area contributed by atoms with E-state index >= 15 is 0 Å². The van der Waals surface area contributed by atoms with E-state index < -0.39 is 10.0 Å². The predicted octanol–water partition coefficient (Wildman–Crippen LogP) is 3.35. The minimum absolute atomic E-state index is 0.0362. The number of sulfonamides is 1. The van der Waals surface area contributed by atoms with Gasteiger partial charge in [0.2, 0.25) is 10.0 Å². The third kappa shape index (κ3) is 4.33. The molecule has 122 valence electrons. The van der Waals surface area contributed by atoms with Gasteiger partial charge in [0.05, 0.1) is 5.75 Å². The summed E-state index contributed by atoms with van der Waals surface area (Å²) >= 11 is 3.35. The maximum absolute atomic E-state index is 12.4. The van der Waals surface area contributed by atoms with E-state index in [-0.39, 0.29) is 23.2 Å². The van der Waals surface area contributed by atoms with Crippen molar-refractivity contribution in [2.24, 2.45) is 0 Å². The van der Waals surface area contributed by atoms with Gasteiger partial charge in [-0.3, -0.25) is 9.40 Å². The lowest BCUT2D eigenvalue weighted by Gasteiger charge is -2.09. The summed E-state index contributed by atoms with van der Waals surface area (Å²) in [5, 5.41) is 13.3. The van der Waals surface area contributed by atoms with Crippen molar-refractivity contribution in [1.29, 1.82) is 5.26 Å². The molecule has 0 unspecified atom stereocenters. The number of nitriles is 1. The molecule has 0 saturated heterocycles. The van der Waals surface area contributed by atoms with Gasteiger partial charge in [-0.15, -0.1) is 0 Å². The number of halogens is 1. The lowest BCUT2D eigenvalue weighted by molar-refractivity contribution is 0.534. The first-order valence-electron chi connectivity index (χ1n) is 6.96. The highest BCUT2D eigenvalue weighted by Gasteiger charge is 2.19. The van der Waals surface area contributed by atoms with Gasteiger partial charge in [0.25, 0.3) is 0 Å². The molecule has 0 atom stereocenters. The molecule has 1 aromatic carbocycles. The van der Waals surface area contributed by atoms with Gasteiger partial charge in [-0.1, -0.05) is 22.0 Å².